The molecule has 0 spiro atoms. The van der Waals surface area contributed by atoms with Crippen LogP contribution in [0.5, 0.6) is 11.8 Å². The maximum atomic E-state index is 12.6. The van der Waals surface area contributed by atoms with Crippen molar-refractivity contribution in [3.05, 3.63) is 47.5 Å². The second kappa shape index (κ2) is 8.45. The van der Waals surface area contributed by atoms with E-state index in [-0.39, 0.29) is 18.4 Å². The van der Waals surface area contributed by atoms with E-state index in [1.807, 2.05) is 0 Å². The minimum Gasteiger partial charge on any atom is -0.480 e. The summed E-state index contributed by atoms with van der Waals surface area (Å²) in [4.78, 5) is 14.2. The monoisotopic (exact) mass is 395 g/mol. The highest BCUT2D eigenvalue weighted by Crippen LogP contribution is 2.29. The van der Waals surface area contributed by atoms with E-state index >= 15 is 0 Å². The number of hydrogen-bond acceptors (Lipinski definition) is 5. The topological polar surface area (TPSA) is 64.6 Å². The second-order valence-corrected chi connectivity index (χ2v) is 6.51. The highest BCUT2D eigenvalue weighted by atomic mass is 19.4. The summed E-state index contributed by atoms with van der Waals surface area (Å²) in [6, 6.07) is 7.95. The second-order valence-electron chi connectivity index (χ2n) is 6.51. The predicted octanol–water partition coefficient (Wildman–Crippen LogP) is 3.12. The first-order valence-electron chi connectivity index (χ1n) is 8.83. The van der Waals surface area contributed by atoms with E-state index in [0.717, 1.165) is 25.0 Å². The maximum Gasteiger partial charge on any atom is 0.416 e. The average molecular weight is 395 g/mol. The third-order valence-electron chi connectivity index (χ3n) is 4.48. The standard InChI is InChI=1S/C19H20F3N3O3/c1-27-16-8-9-17(24-23-16)28-15-3-2-10-25(12-15)18(26)11-13-4-6-14(7-5-13)19(20,21)22/h4-9,15H,2-3,10-12H2,1H3. The average Bonchev–Trinajstić information content (AvgIpc) is 2.68. The molecule has 1 aromatic heterocycles. The molecule has 1 aliphatic rings. The molecule has 1 amide bonds. The van der Waals surface area contributed by atoms with Crippen LogP contribution in [-0.4, -0.2) is 47.3 Å². The van der Waals surface area contributed by atoms with Gasteiger partial charge in [-0.3, -0.25) is 4.79 Å². The number of piperidine rings is 1. The van der Waals surface area contributed by atoms with Crippen molar-refractivity contribution in [3.8, 4) is 11.8 Å². The Morgan fingerprint density at radius 3 is 2.43 bits per heavy atom. The Morgan fingerprint density at radius 1 is 1.14 bits per heavy atom. The van der Waals surface area contributed by atoms with Gasteiger partial charge >= 0.3 is 6.18 Å². The van der Waals surface area contributed by atoms with Crippen LogP contribution in [0.4, 0.5) is 13.2 Å². The minimum absolute atomic E-state index is 0.0488. The van der Waals surface area contributed by atoms with E-state index in [1.165, 1.54) is 19.2 Å². The fourth-order valence-electron chi connectivity index (χ4n) is 3.01. The van der Waals surface area contributed by atoms with Gasteiger partial charge in [0.1, 0.15) is 6.10 Å². The zero-order chi connectivity index (χ0) is 20.1. The van der Waals surface area contributed by atoms with Crippen molar-refractivity contribution in [3.63, 3.8) is 0 Å². The lowest BCUT2D eigenvalue weighted by atomic mass is 10.1. The zero-order valence-electron chi connectivity index (χ0n) is 15.3. The Kier molecular flexibility index (Phi) is 6.01. The van der Waals surface area contributed by atoms with Crippen molar-refractivity contribution < 1.29 is 27.4 Å². The Balaban J connectivity index is 1.56. The first-order valence-corrected chi connectivity index (χ1v) is 8.83. The number of hydrogen-bond donors (Lipinski definition) is 0. The van der Waals surface area contributed by atoms with Gasteiger partial charge < -0.3 is 14.4 Å². The SMILES string of the molecule is COc1ccc(OC2CCCN(C(=O)Cc3ccc(C(F)(F)F)cc3)C2)nn1. The van der Waals surface area contributed by atoms with Gasteiger partial charge in [-0.2, -0.15) is 13.2 Å². The molecule has 6 nitrogen and oxygen atoms in total. The van der Waals surface area contributed by atoms with Crippen LogP contribution in [0.1, 0.15) is 24.0 Å². The third-order valence-corrected chi connectivity index (χ3v) is 4.48. The molecule has 150 valence electrons. The van der Waals surface area contributed by atoms with Crippen molar-refractivity contribution in [2.24, 2.45) is 0 Å². The third kappa shape index (κ3) is 5.11. The Bertz CT molecular complexity index is 795. The maximum absolute atomic E-state index is 12.6. The summed E-state index contributed by atoms with van der Waals surface area (Å²) >= 11 is 0. The zero-order valence-corrected chi connectivity index (χ0v) is 15.3. The molecule has 2 heterocycles. The van der Waals surface area contributed by atoms with Crippen molar-refractivity contribution in [1.82, 2.24) is 15.1 Å². The molecule has 0 saturated carbocycles. The van der Waals surface area contributed by atoms with E-state index in [2.05, 4.69) is 10.2 Å². The van der Waals surface area contributed by atoms with E-state index in [9.17, 15) is 18.0 Å². The van der Waals surface area contributed by atoms with Gasteiger partial charge in [-0.1, -0.05) is 12.1 Å². The van der Waals surface area contributed by atoms with Crippen LogP contribution in [0.15, 0.2) is 36.4 Å². The lowest BCUT2D eigenvalue weighted by molar-refractivity contribution is -0.137. The van der Waals surface area contributed by atoms with Gasteiger partial charge in [0, 0.05) is 18.7 Å². The number of likely N-dealkylation sites (tertiary alicyclic amines) is 1. The lowest BCUT2D eigenvalue weighted by Crippen LogP contribution is -2.45. The molecule has 1 atom stereocenters. The number of carbonyl (C=O) groups is 1. The lowest BCUT2D eigenvalue weighted by Gasteiger charge is -2.32. The van der Waals surface area contributed by atoms with E-state index in [0.29, 0.717) is 30.4 Å². The number of amides is 1. The quantitative estimate of drug-likeness (QED) is 0.778. The van der Waals surface area contributed by atoms with E-state index in [4.69, 9.17) is 9.47 Å². The number of carbonyl (C=O) groups excluding carboxylic acids is 1. The molecule has 3 rings (SSSR count). The predicted molar refractivity (Wildman–Crippen MR) is 94.0 cm³/mol. The van der Waals surface area contributed by atoms with E-state index in [1.54, 1.807) is 17.0 Å². The van der Waals surface area contributed by atoms with E-state index < -0.39 is 11.7 Å². The van der Waals surface area contributed by atoms with Crippen LogP contribution in [0.2, 0.25) is 0 Å². The normalized spacial score (nSPS) is 17.3. The largest absolute Gasteiger partial charge is 0.480 e. The van der Waals surface area contributed by atoms with Crippen molar-refractivity contribution in [2.75, 3.05) is 20.2 Å². The number of halogens is 3. The summed E-state index contributed by atoms with van der Waals surface area (Å²) < 4.78 is 48.6. The Hall–Kier alpha value is -2.84. The van der Waals surface area contributed by atoms with Crippen molar-refractivity contribution in [1.29, 1.82) is 0 Å². The summed E-state index contributed by atoms with van der Waals surface area (Å²) in [7, 11) is 1.49. The van der Waals surface area contributed by atoms with Crippen LogP contribution in [-0.2, 0) is 17.4 Å². The number of methoxy groups -OCH3 is 1. The molecule has 1 aliphatic heterocycles. The van der Waals surface area contributed by atoms with Gasteiger partial charge in [0.2, 0.25) is 17.7 Å². The van der Waals surface area contributed by atoms with Crippen LogP contribution in [0, 0.1) is 0 Å². The Morgan fingerprint density at radius 2 is 1.82 bits per heavy atom. The first kappa shape index (κ1) is 19.9. The van der Waals surface area contributed by atoms with Gasteiger partial charge in [-0.25, -0.2) is 0 Å². The number of benzene rings is 1. The van der Waals surface area contributed by atoms with Crippen molar-refractivity contribution in [2.45, 2.75) is 31.5 Å². The minimum atomic E-state index is -4.38. The smallest absolute Gasteiger partial charge is 0.416 e. The number of rotatable bonds is 5. The molecule has 28 heavy (non-hydrogen) atoms. The van der Waals surface area contributed by atoms with Gasteiger partial charge in [0.25, 0.3) is 0 Å². The number of nitrogens with zero attached hydrogens (tertiary/aromatic N) is 3. The molecule has 9 heteroatoms. The molecule has 1 aromatic carbocycles. The van der Waals surface area contributed by atoms with Crippen LogP contribution >= 0.6 is 0 Å². The van der Waals surface area contributed by atoms with Gasteiger partial charge in [-0.05, 0) is 30.5 Å². The van der Waals surface area contributed by atoms with Crippen molar-refractivity contribution >= 4 is 5.91 Å². The molecule has 1 saturated heterocycles. The molecule has 0 radical (unpaired) electrons. The molecule has 0 aliphatic carbocycles. The fraction of sp³-hybridized carbons (Fsp3) is 0.421. The molecule has 1 unspecified atom stereocenters. The highest BCUT2D eigenvalue weighted by Gasteiger charge is 2.30. The first-order chi connectivity index (χ1) is 13.3. The van der Waals surface area contributed by atoms with Gasteiger partial charge in [0.15, 0.2) is 0 Å². The number of alkyl halides is 3. The molecular formula is C19H20F3N3O3. The highest BCUT2D eigenvalue weighted by molar-refractivity contribution is 5.79. The molecule has 2 aromatic rings. The van der Waals surface area contributed by atoms with Gasteiger partial charge in [0.05, 0.1) is 25.6 Å². The summed E-state index contributed by atoms with van der Waals surface area (Å²) in [5.74, 6) is 0.584. The number of aromatic nitrogens is 2. The molecule has 0 N–H and O–H groups in total. The van der Waals surface area contributed by atoms with Gasteiger partial charge in [-0.15, -0.1) is 10.2 Å². The summed E-state index contributed by atoms with van der Waals surface area (Å²) in [6.07, 6.45) is -3.00. The number of ether oxygens (including phenoxy) is 2. The van der Waals surface area contributed by atoms with Crippen LogP contribution < -0.4 is 9.47 Å². The Labute approximate surface area is 160 Å². The molecule has 0 bridgehead atoms. The summed E-state index contributed by atoms with van der Waals surface area (Å²) in [6.45, 7) is 0.987. The summed E-state index contributed by atoms with van der Waals surface area (Å²) in [5.41, 5.74) is -0.183. The fourth-order valence-corrected chi connectivity index (χ4v) is 3.01. The molecule has 1 fully saturated rings. The van der Waals surface area contributed by atoms with Crippen LogP contribution in [0.3, 0.4) is 0 Å². The van der Waals surface area contributed by atoms with Crippen LogP contribution in [0.25, 0.3) is 0 Å². The summed E-state index contributed by atoms with van der Waals surface area (Å²) in [5, 5.41) is 7.76. The molecular weight excluding hydrogens is 375 g/mol.